The zero-order valence-electron chi connectivity index (χ0n) is 10.2. The predicted octanol–water partition coefficient (Wildman–Crippen LogP) is 1.21. The Kier molecular flexibility index (Phi) is 4.03. The molecule has 0 amide bonds. The molecular formula is C11H13N3O3S2. The molecule has 0 aliphatic heterocycles. The summed E-state index contributed by atoms with van der Waals surface area (Å²) in [4.78, 5) is 3.95. The van der Waals surface area contributed by atoms with E-state index in [1.165, 1.54) is 13.2 Å². The summed E-state index contributed by atoms with van der Waals surface area (Å²) in [5.74, 6) is 0.442. The van der Waals surface area contributed by atoms with Crippen LogP contribution < -0.4 is 15.2 Å². The molecule has 0 saturated carbocycles. The van der Waals surface area contributed by atoms with Gasteiger partial charge in [0.25, 0.3) is 0 Å². The molecule has 0 aromatic carbocycles. The molecule has 0 unspecified atom stereocenters. The molecule has 8 heteroatoms. The first-order valence-corrected chi connectivity index (χ1v) is 7.70. The highest BCUT2D eigenvalue weighted by Crippen LogP contribution is 2.21. The summed E-state index contributed by atoms with van der Waals surface area (Å²) < 4.78 is 31.6. The van der Waals surface area contributed by atoms with Crippen molar-refractivity contribution in [2.45, 2.75) is 10.8 Å². The molecule has 0 radical (unpaired) electrons. The molecule has 0 aliphatic rings. The average molecular weight is 299 g/mol. The van der Waals surface area contributed by atoms with E-state index in [9.17, 15) is 8.42 Å². The van der Waals surface area contributed by atoms with Crippen molar-refractivity contribution in [3.05, 3.63) is 35.3 Å². The number of nitrogens with one attached hydrogen (secondary N) is 1. The van der Waals surface area contributed by atoms with Gasteiger partial charge in [0, 0.05) is 29.9 Å². The van der Waals surface area contributed by atoms with Crippen LogP contribution in [0, 0.1) is 0 Å². The van der Waals surface area contributed by atoms with Gasteiger partial charge in [-0.25, -0.2) is 18.1 Å². The van der Waals surface area contributed by atoms with Crippen LogP contribution in [0.15, 0.2) is 34.0 Å². The Morgan fingerprint density at radius 1 is 1.47 bits per heavy atom. The summed E-state index contributed by atoms with van der Waals surface area (Å²) in [6.45, 7) is 0.166. The summed E-state index contributed by atoms with van der Waals surface area (Å²) >= 11 is 1.09. The Morgan fingerprint density at radius 3 is 2.89 bits per heavy atom. The van der Waals surface area contributed by atoms with E-state index < -0.39 is 10.0 Å². The number of hydrogen-bond acceptors (Lipinski definition) is 6. The Bertz CT molecular complexity index is 667. The zero-order chi connectivity index (χ0) is 13.9. The molecule has 0 aliphatic carbocycles. The lowest BCUT2D eigenvalue weighted by atomic mass is 10.3. The van der Waals surface area contributed by atoms with Crippen LogP contribution in [0.5, 0.6) is 5.88 Å². The molecule has 6 nitrogen and oxygen atoms in total. The molecule has 102 valence electrons. The molecule has 2 rings (SSSR count). The van der Waals surface area contributed by atoms with E-state index in [1.54, 1.807) is 23.7 Å². The van der Waals surface area contributed by atoms with E-state index in [4.69, 9.17) is 10.5 Å². The number of rotatable bonds is 5. The summed E-state index contributed by atoms with van der Waals surface area (Å²) in [5, 5.41) is 1.59. The molecular weight excluding hydrogens is 286 g/mol. The van der Waals surface area contributed by atoms with Crippen molar-refractivity contribution in [2.24, 2.45) is 0 Å². The molecule has 2 aromatic heterocycles. The maximum atomic E-state index is 12.0. The third-order valence-electron chi connectivity index (χ3n) is 2.34. The van der Waals surface area contributed by atoms with Gasteiger partial charge in [-0.3, -0.25) is 0 Å². The topological polar surface area (TPSA) is 94.3 Å². The number of aromatic nitrogens is 1. The van der Waals surface area contributed by atoms with Crippen LogP contribution in [-0.4, -0.2) is 20.5 Å². The largest absolute Gasteiger partial charge is 0.481 e. The van der Waals surface area contributed by atoms with E-state index in [0.29, 0.717) is 11.6 Å². The van der Waals surface area contributed by atoms with Crippen LogP contribution in [0.2, 0.25) is 0 Å². The molecule has 0 atom stereocenters. The highest BCUT2D eigenvalue weighted by atomic mass is 32.2. The molecule has 0 spiro atoms. The Labute approximate surface area is 115 Å². The SMILES string of the molecule is COc1cc(CNS(=O)(=O)c2cc(N)cs2)ccn1. The van der Waals surface area contributed by atoms with E-state index in [1.807, 2.05) is 0 Å². The second kappa shape index (κ2) is 5.55. The first-order valence-electron chi connectivity index (χ1n) is 5.34. The number of hydrogen-bond donors (Lipinski definition) is 2. The van der Waals surface area contributed by atoms with Crippen molar-refractivity contribution in [2.75, 3.05) is 12.8 Å². The van der Waals surface area contributed by atoms with Gasteiger partial charge in [-0.15, -0.1) is 11.3 Å². The summed E-state index contributed by atoms with van der Waals surface area (Å²) in [6, 6.07) is 4.82. The second-order valence-corrected chi connectivity index (χ2v) is 6.64. The molecule has 0 bridgehead atoms. The fraction of sp³-hybridized carbons (Fsp3) is 0.182. The monoisotopic (exact) mass is 299 g/mol. The van der Waals surface area contributed by atoms with E-state index in [0.717, 1.165) is 16.9 Å². The third-order valence-corrected chi connectivity index (χ3v) is 5.19. The third kappa shape index (κ3) is 3.43. The smallest absolute Gasteiger partial charge is 0.250 e. The van der Waals surface area contributed by atoms with Crippen LogP contribution in [-0.2, 0) is 16.6 Å². The lowest BCUT2D eigenvalue weighted by molar-refractivity contribution is 0.397. The Hall–Kier alpha value is -1.64. The molecule has 0 fully saturated rings. The highest BCUT2D eigenvalue weighted by molar-refractivity contribution is 7.91. The maximum Gasteiger partial charge on any atom is 0.250 e. The normalized spacial score (nSPS) is 11.4. The van der Waals surface area contributed by atoms with Gasteiger partial charge in [-0.1, -0.05) is 0 Å². The lowest BCUT2D eigenvalue weighted by Gasteiger charge is -2.05. The minimum atomic E-state index is -3.53. The van der Waals surface area contributed by atoms with Gasteiger partial charge in [0.1, 0.15) is 4.21 Å². The van der Waals surface area contributed by atoms with Gasteiger partial charge in [0.2, 0.25) is 15.9 Å². The number of sulfonamides is 1. The van der Waals surface area contributed by atoms with Gasteiger partial charge < -0.3 is 10.5 Å². The maximum absolute atomic E-state index is 12.0. The first kappa shape index (κ1) is 13.8. The number of pyridine rings is 1. The van der Waals surface area contributed by atoms with Crippen molar-refractivity contribution in [1.29, 1.82) is 0 Å². The van der Waals surface area contributed by atoms with Crippen LogP contribution in [0.4, 0.5) is 5.69 Å². The average Bonchev–Trinajstić information content (AvgIpc) is 2.84. The van der Waals surface area contributed by atoms with Crippen molar-refractivity contribution < 1.29 is 13.2 Å². The number of ether oxygens (including phenoxy) is 1. The number of anilines is 1. The van der Waals surface area contributed by atoms with Crippen LogP contribution >= 0.6 is 11.3 Å². The van der Waals surface area contributed by atoms with Crippen LogP contribution in [0.3, 0.4) is 0 Å². The standard InChI is InChI=1S/C11H13N3O3S2/c1-17-10-4-8(2-3-13-10)6-14-19(15,16)11-5-9(12)7-18-11/h2-5,7,14H,6,12H2,1H3. The van der Waals surface area contributed by atoms with Crippen molar-refractivity contribution in [3.8, 4) is 5.88 Å². The van der Waals surface area contributed by atoms with Crippen molar-refractivity contribution in [3.63, 3.8) is 0 Å². The Balaban J connectivity index is 2.09. The zero-order valence-corrected chi connectivity index (χ0v) is 11.8. The Morgan fingerprint density at radius 2 is 2.26 bits per heavy atom. The first-order chi connectivity index (χ1) is 9.01. The quantitative estimate of drug-likeness (QED) is 0.865. The molecule has 19 heavy (non-hydrogen) atoms. The summed E-state index contributed by atoms with van der Waals surface area (Å²) in [7, 11) is -2.03. The number of nitrogens with zero attached hydrogens (tertiary/aromatic N) is 1. The number of nitrogen functional groups attached to an aromatic ring is 1. The van der Waals surface area contributed by atoms with Crippen molar-refractivity contribution in [1.82, 2.24) is 9.71 Å². The predicted molar refractivity (Wildman–Crippen MR) is 73.5 cm³/mol. The summed E-state index contributed by atoms with van der Waals surface area (Å²) in [5.41, 5.74) is 6.72. The number of nitrogens with two attached hydrogens (primary N) is 1. The number of thiophene rings is 1. The van der Waals surface area contributed by atoms with Gasteiger partial charge in [0.15, 0.2) is 0 Å². The second-order valence-electron chi connectivity index (χ2n) is 3.73. The van der Waals surface area contributed by atoms with E-state index >= 15 is 0 Å². The van der Waals surface area contributed by atoms with Crippen molar-refractivity contribution >= 4 is 27.0 Å². The van der Waals surface area contributed by atoms with E-state index in [2.05, 4.69) is 9.71 Å². The highest BCUT2D eigenvalue weighted by Gasteiger charge is 2.15. The molecule has 3 N–H and O–H groups in total. The fourth-order valence-corrected chi connectivity index (χ4v) is 3.54. The van der Waals surface area contributed by atoms with Crippen LogP contribution in [0.1, 0.15) is 5.56 Å². The van der Waals surface area contributed by atoms with Crippen LogP contribution in [0.25, 0.3) is 0 Å². The van der Waals surface area contributed by atoms with Gasteiger partial charge in [-0.2, -0.15) is 0 Å². The molecule has 2 heterocycles. The lowest BCUT2D eigenvalue weighted by Crippen LogP contribution is -2.22. The minimum Gasteiger partial charge on any atom is -0.481 e. The fourth-order valence-electron chi connectivity index (χ4n) is 1.39. The summed E-state index contributed by atoms with van der Waals surface area (Å²) in [6.07, 6.45) is 1.56. The molecule has 2 aromatic rings. The minimum absolute atomic E-state index is 0.166. The van der Waals surface area contributed by atoms with Gasteiger partial charge in [0.05, 0.1) is 7.11 Å². The number of methoxy groups -OCH3 is 1. The van der Waals surface area contributed by atoms with E-state index in [-0.39, 0.29) is 10.8 Å². The van der Waals surface area contributed by atoms with Gasteiger partial charge in [-0.05, 0) is 17.7 Å². The molecule has 0 saturated heterocycles. The van der Waals surface area contributed by atoms with Gasteiger partial charge >= 0.3 is 0 Å².